The third-order valence-corrected chi connectivity index (χ3v) is 2.31. The first kappa shape index (κ1) is 12.5. The molecule has 90 valence electrons. The van der Waals surface area contributed by atoms with Crippen LogP contribution in [0.2, 0.25) is 0 Å². The van der Waals surface area contributed by atoms with Gasteiger partial charge in [-0.2, -0.15) is 0 Å². The second kappa shape index (κ2) is 6.12. The highest BCUT2D eigenvalue weighted by atomic mass is 16.6. The van der Waals surface area contributed by atoms with Crippen LogP contribution >= 0.6 is 0 Å². The van der Waals surface area contributed by atoms with Crippen molar-refractivity contribution in [2.75, 3.05) is 39.3 Å². The summed E-state index contributed by atoms with van der Waals surface area (Å²) in [6.45, 7) is 5.82. The molecule has 0 radical (unpaired) electrons. The predicted molar refractivity (Wildman–Crippen MR) is 57.2 cm³/mol. The van der Waals surface area contributed by atoms with Crippen LogP contribution in [0.1, 0.15) is 0 Å². The smallest absolute Gasteiger partial charge is 0.410 e. The summed E-state index contributed by atoms with van der Waals surface area (Å²) in [5.41, 5.74) is 0. The van der Waals surface area contributed by atoms with Gasteiger partial charge in [-0.25, -0.2) is 4.79 Å². The molecule has 0 aromatic heterocycles. The van der Waals surface area contributed by atoms with Crippen molar-refractivity contribution in [2.45, 2.75) is 0 Å². The van der Waals surface area contributed by atoms with Crippen molar-refractivity contribution in [2.24, 2.45) is 0 Å². The van der Waals surface area contributed by atoms with E-state index in [2.05, 4.69) is 6.58 Å². The van der Waals surface area contributed by atoms with Gasteiger partial charge in [-0.1, -0.05) is 12.7 Å². The molecule has 0 unspecified atom stereocenters. The molecule has 1 aliphatic heterocycles. The van der Waals surface area contributed by atoms with Crippen molar-refractivity contribution in [3.63, 3.8) is 0 Å². The maximum atomic E-state index is 11.4. The molecule has 16 heavy (non-hydrogen) atoms. The van der Waals surface area contributed by atoms with Gasteiger partial charge in [-0.3, -0.25) is 9.69 Å². The number of hydrogen-bond acceptors (Lipinski definition) is 4. The molecule has 6 heteroatoms. The van der Waals surface area contributed by atoms with Gasteiger partial charge in [-0.05, 0) is 0 Å². The summed E-state index contributed by atoms with van der Waals surface area (Å²) >= 11 is 0. The lowest BCUT2D eigenvalue weighted by Crippen LogP contribution is -2.50. The second-order valence-corrected chi connectivity index (χ2v) is 3.52. The summed E-state index contributed by atoms with van der Waals surface area (Å²) in [5, 5.41) is 8.60. The summed E-state index contributed by atoms with van der Waals surface area (Å²) < 4.78 is 4.88. The van der Waals surface area contributed by atoms with Gasteiger partial charge in [0.25, 0.3) is 0 Å². The molecule has 1 heterocycles. The summed E-state index contributed by atoms with van der Waals surface area (Å²) in [5.74, 6) is -0.845. The lowest BCUT2D eigenvalue weighted by atomic mass is 10.3. The standard InChI is InChI=1S/C10H16N2O4/c1-2-7-16-10(15)12-5-3-11(4-6-12)8-9(13)14/h2H,1,3-8H2,(H,13,14). The molecule has 0 aromatic rings. The minimum atomic E-state index is -0.845. The third kappa shape index (κ3) is 3.90. The van der Waals surface area contributed by atoms with Crippen molar-refractivity contribution in [1.29, 1.82) is 0 Å². The highest BCUT2D eigenvalue weighted by molar-refractivity contribution is 5.69. The third-order valence-electron chi connectivity index (χ3n) is 2.31. The summed E-state index contributed by atoms with van der Waals surface area (Å²) in [4.78, 5) is 25.2. The molecule has 0 spiro atoms. The largest absolute Gasteiger partial charge is 0.480 e. The quantitative estimate of drug-likeness (QED) is 0.686. The molecule has 1 amide bonds. The maximum absolute atomic E-state index is 11.4. The van der Waals surface area contributed by atoms with E-state index in [4.69, 9.17) is 9.84 Å². The zero-order valence-corrected chi connectivity index (χ0v) is 9.09. The fraction of sp³-hybridized carbons (Fsp3) is 0.600. The van der Waals surface area contributed by atoms with Gasteiger partial charge in [-0.15, -0.1) is 0 Å². The molecule has 0 atom stereocenters. The van der Waals surface area contributed by atoms with Gasteiger partial charge in [0.2, 0.25) is 0 Å². The molecule has 0 aromatic carbocycles. The number of ether oxygens (including phenoxy) is 1. The van der Waals surface area contributed by atoms with Crippen LogP contribution in [0.5, 0.6) is 0 Å². The van der Waals surface area contributed by atoms with Gasteiger partial charge in [0.05, 0.1) is 6.54 Å². The zero-order chi connectivity index (χ0) is 12.0. The van der Waals surface area contributed by atoms with E-state index in [1.165, 1.54) is 6.08 Å². The first-order valence-electron chi connectivity index (χ1n) is 5.10. The maximum Gasteiger partial charge on any atom is 0.410 e. The molecule has 0 saturated carbocycles. The Bertz CT molecular complexity index is 272. The molecule has 1 aliphatic rings. The van der Waals surface area contributed by atoms with Crippen molar-refractivity contribution < 1.29 is 19.4 Å². The van der Waals surface area contributed by atoms with Crippen LogP contribution in [-0.4, -0.2) is 66.3 Å². The van der Waals surface area contributed by atoms with Crippen LogP contribution in [0.15, 0.2) is 12.7 Å². The van der Waals surface area contributed by atoms with E-state index in [1.807, 2.05) is 0 Å². The van der Waals surface area contributed by atoms with Crippen LogP contribution in [0.4, 0.5) is 4.79 Å². The monoisotopic (exact) mass is 228 g/mol. The highest BCUT2D eigenvalue weighted by Crippen LogP contribution is 2.03. The lowest BCUT2D eigenvalue weighted by molar-refractivity contribution is -0.138. The van der Waals surface area contributed by atoms with Gasteiger partial charge >= 0.3 is 12.1 Å². The van der Waals surface area contributed by atoms with Crippen LogP contribution in [0.25, 0.3) is 0 Å². The number of hydrogen-bond donors (Lipinski definition) is 1. The summed E-state index contributed by atoms with van der Waals surface area (Å²) in [6, 6.07) is 0. The van der Waals surface area contributed by atoms with Gasteiger partial charge in [0.15, 0.2) is 0 Å². The van der Waals surface area contributed by atoms with Gasteiger partial charge < -0.3 is 14.7 Å². The molecule has 1 N–H and O–H groups in total. The molecule has 1 fully saturated rings. The van der Waals surface area contributed by atoms with E-state index in [0.29, 0.717) is 26.2 Å². The second-order valence-electron chi connectivity index (χ2n) is 3.52. The van der Waals surface area contributed by atoms with Crippen LogP contribution < -0.4 is 0 Å². The Morgan fingerprint density at radius 2 is 1.94 bits per heavy atom. The van der Waals surface area contributed by atoms with Crippen LogP contribution in [0.3, 0.4) is 0 Å². The SMILES string of the molecule is C=CCOC(=O)N1CCN(CC(=O)O)CC1. The molecular weight excluding hydrogens is 212 g/mol. The molecule has 0 aliphatic carbocycles. The molecule has 6 nitrogen and oxygen atoms in total. The Hall–Kier alpha value is -1.56. The summed E-state index contributed by atoms with van der Waals surface area (Å²) in [7, 11) is 0. The summed E-state index contributed by atoms with van der Waals surface area (Å²) in [6.07, 6.45) is 1.15. The molecule has 1 rings (SSSR count). The Labute approximate surface area is 94.1 Å². The lowest BCUT2D eigenvalue weighted by Gasteiger charge is -2.32. The Kier molecular flexibility index (Phi) is 4.78. The fourth-order valence-electron chi connectivity index (χ4n) is 1.50. The highest BCUT2D eigenvalue weighted by Gasteiger charge is 2.22. The van der Waals surface area contributed by atoms with Crippen LogP contribution in [0, 0.1) is 0 Å². The van der Waals surface area contributed by atoms with E-state index in [9.17, 15) is 9.59 Å². The topological polar surface area (TPSA) is 70.1 Å². The number of carbonyl (C=O) groups excluding carboxylic acids is 1. The minimum absolute atomic E-state index is 0.0234. The van der Waals surface area contributed by atoms with E-state index >= 15 is 0 Å². The Morgan fingerprint density at radius 3 is 2.44 bits per heavy atom. The van der Waals surface area contributed by atoms with E-state index < -0.39 is 5.97 Å². The number of nitrogens with zero attached hydrogens (tertiary/aromatic N) is 2. The molecule has 1 saturated heterocycles. The number of carbonyl (C=O) groups is 2. The van der Waals surface area contributed by atoms with Crippen molar-refractivity contribution in [1.82, 2.24) is 9.80 Å². The number of rotatable bonds is 4. The first-order valence-corrected chi connectivity index (χ1v) is 5.10. The van der Waals surface area contributed by atoms with Crippen molar-refractivity contribution in [3.05, 3.63) is 12.7 Å². The number of amides is 1. The van der Waals surface area contributed by atoms with Crippen LogP contribution in [-0.2, 0) is 9.53 Å². The van der Waals surface area contributed by atoms with E-state index in [1.54, 1.807) is 9.80 Å². The average molecular weight is 228 g/mol. The number of piperazine rings is 1. The number of aliphatic carboxylic acids is 1. The normalized spacial score (nSPS) is 16.9. The number of carboxylic acid groups (broad SMARTS) is 1. The Balaban J connectivity index is 2.28. The molecular formula is C10H16N2O4. The number of carboxylic acids is 1. The van der Waals surface area contributed by atoms with Crippen molar-refractivity contribution >= 4 is 12.1 Å². The Morgan fingerprint density at radius 1 is 1.31 bits per heavy atom. The zero-order valence-electron chi connectivity index (χ0n) is 9.09. The molecule has 0 bridgehead atoms. The van der Waals surface area contributed by atoms with Gasteiger partial charge in [0, 0.05) is 26.2 Å². The minimum Gasteiger partial charge on any atom is -0.480 e. The van der Waals surface area contributed by atoms with Crippen molar-refractivity contribution in [3.8, 4) is 0 Å². The first-order chi connectivity index (χ1) is 7.63. The van der Waals surface area contributed by atoms with E-state index in [0.717, 1.165) is 0 Å². The van der Waals surface area contributed by atoms with Gasteiger partial charge in [0.1, 0.15) is 6.61 Å². The van der Waals surface area contributed by atoms with E-state index in [-0.39, 0.29) is 19.2 Å². The average Bonchev–Trinajstić information content (AvgIpc) is 2.26. The fourth-order valence-corrected chi connectivity index (χ4v) is 1.50. The predicted octanol–water partition coefficient (Wildman–Crippen LogP) is 0.0112.